The third-order valence-electron chi connectivity index (χ3n) is 6.20. The highest BCUT2D eigenvalue weighted by Gasteiger charge is 2.34. The van der Waals surface area contributed by atoms with Gasteiger partial charge < -0.3 is 15.0 Å². The van der Waals surface area contributed by atoms with E-state index in [1.807, 2.05) is 11.8 Å². The number of carbonyl (C=O) groups excluding carboxylic acids is 2. The Morgan fingerprint density at radius 1 is 1.04 bits per heavy atom. The van der Waals surface area contributed by atoms with Crippen LogP contribution in [-0.4, -0.2) is 42.6 Å². The van der Waals surface area contributed by atoms with Crippen LogP contribution in [0.4, 0.5) is 4.79 Å². The van der Waals surface area contributed by atoms with Gasteiger partial charge in [-0.25, -0.2) is 4.79 Å². The number of hydrogen-bond donors (Lipinski definition) is 1. The molecule has 2 saturated carbocycles. The minimum Gasteiger partial charge on any atom is -0.466 e. The van der Waals surface area contributed by atoms with Gasteiger partial charge in [-0.3, -0.25) is 4.79 Å². The Morgan fingerprint density at radius 3 is 2.62 bits per heavy atom. The Kier molecular flexibility index (Phi) is 6.01. The minimum atomic E-state index is -0.155. The molecule has 1 saturated heterocycles. The summed E-state index contributed by atoms with van der Waals surface area (Å²) in [7, 11) is 0. The SMILES string of the molecule is CCOC(=O)[C@@H]1CCCN(C(=O)N[C@@H]2CC[C@@H]3CCCC[C@H]3C2)C1. The number of amides is 2. The zero-order valence-corrected chi connectivity index (χ0v) is 15.0. The molecule has 4 atom stereocenters. The molecule has 3 fully saturated rings. The van der Waals surface area contributed by atoms with Gasteiger partial charge in [0.05, 0.1) is 12.5 Å². The van der Waals surface area contributed by atoms with Crippen molar-refractivity contribution >= 4 is 12.0 Å². The molecule has 1 heterocycles. The molecule has 3 rings (SSSR count). The van der Waals surface area contributed by atoms with Crippen LogP contribution in [0.15, 0.2) is 0 Å². The van der Waals surface area contributed by atoms with Gasteiger partial charge in [-0.05, 0) is 50.9 Å². The third kappa shape index (κ3) is 4.22. The molecule has 24 heavy (non-hydrogen) atoms. The topological polar surface area (TPSA) is 58.6 Å². The monoisotopic (exact) mass is 336 g/mol. The van der Waals surface area contributed by atoms with Crippen LogP contribution in [0.1, 0.15) is 64.7 Å². The van der Waals surface area contributed by atoms with Gasteiger partial charge in [-0.15, -0.1) is 0 Å². The first-order valence-corrected chi connectivity index (χ1v) is 9.89. The van der Waals surface area contributed by atoms with Gasteiger partial charge in [0.1, 0.15) is 0 Å². The molecule has 3 aliphatic rings. The first-order valence-electron chi connectivity index (χ1n) is 9.89. The van der Waals surface area contributed by atoms with E-state index in [0.29, 0.717) is 19.2 Å². The van der Waals surface area contributed by atoms with Crippen LogP contribution < -0.4 is 5.32 Å². The number of esters is 1. The number of nitrogens with zero attached hydrogens (tertiary/aromatic N) is 1. The van der Waals surface area contributed by atoms with Gasteiger partial charge in [-0.2, -0.15) is 0 Å². The van der Waals surface area contributed by atoms with Gasteiger partial charge in [0.2, 0.25) is 0 Å². The van der Waals surface area contributed by atoms with Crippen LogP contribution in [0.5, 0.6) is 0 Å². The second-order valence-corrected chi connectivity index (χ2v) is 7.80. The number of urea groups is 1. The van der Waals surface area contributed by atoms with Crippen LogP contribution in [0.3, 0.4) is 0 Å². The lowest BCUT2D eigenvalue weighted by Gasteiger charge is -2.40. The highest BCUT2D eigenvalue weighted by Crippen LogP contribution is 2.40. The second-order valence-electron chi connectivity index (χ2n) is 7.80. The highest BCUT2D eigenvalue weighted by atomic mass is 16.5. The van der Waals surface area contributed by atoms with Crippen molar-refractivity contribution < 1.29 is 14.3 Å². The standard InChI is InChI=1S/C19H32N2O3/c1-2-24-18(22)16-8-5-11-21(13-16)19(23)20-17-10-9-14-6-3-4-7-15(14)12-17/h14-17H,2-13H2,1H3,(H,20,23)/t14-,15-,16+,17+/m0/s1. The van der Waals surface area contributed by atoms with E-state index < -0.39 is 0 Å². The van der Waals surface area contributed by atoms with Crippen molar-refractivity contribution in [3.63, 3.8) is 0 Å². The van der Waals surface area contributed by atoms with E-state index in [0.717, 1.165) is 44.1 Å². The molecule has 2 aliphatic carbocycles. The van der Waals surface area contributed by atoms with Gasteiger partial charge >= 0.3 is 12.0 Å². The number of hydrogen-bond acceptors (Lipinski definition) is 3. The maximum absolute atomic E-state index is 12.6. The van der Waals surface area contributed by atoms with E-state index in [2.05, 4.69) is 5.32 Å². The average Bonchev–Trinajstić information content (AvgIpc) is 2.62. The van der Waals surface area contributed by atoms with Crippen LogP contribution >= 0.6 is 0 Å². The zero-order chi connectivity index (χ0) is 16.9. The first-order chi connectivity index (χ1) is 11.7. The molecule has 136 valence electrons. The summed E-state index contributed by atoms with van der Waals surface area (Å²) in [6, 6.07) is 0.336. The number of carbonyl (C=O) groups is 2. The van der Waals surface area contributed by atoms with Crippen molar-refractivity contribution in [1.29, 1.82) is 0 Å². The largest absolute Gasteiger partial charge is 0.466 e. The Morgan fingerprint density at radius 2 is 1.83 bits per heavy atom. The number of ether oxygens (including phenoxy) is 1. The summed E-state index contributed by atoms with van der Waals surface area (Å²) in [6.45, 7) is 3.49. The number of fused-ring (bicyclic) bond motifs is 1. The van der Waals surface area contributed by atoms with Gasteiger partial charge in [0.25, 0.3) is 0 Å². The summed E-state index contributed by atoms with van der Waals surface area (Å²) < 4.78 is 5.12. The summed E-state index contributed by atoms with van der Waals surface area (Å²) in [4.78, 5) is 26.4. The zero-order valence-electron chi connectivity index (χ0n) is 15.0. The Bertz CT molecular complexity index is 454. The molecule has 1 N–H and O–H groups in total. The predicted octanol–water partition coefficient (Wildman–Crippen LogP) is 3.33. The summed E-state index contributed by atoms with van der Waals surface area (Å²) in [5, 5.41) is 3.25. The molecular weight excluding hydrogens is 304 g/mol. The molecule has 5 heteroatoms. The Balaban J connectivity index is 1.48. The lowest BCUT2D eigenvalue weighted by Crippen LogP contribution is -2.51. The highest BCUT2D eigenvalue weighted by molar-refractivity contribution is 5.77. The second kappa shape index (κ2) is 8.21. The predicted molar refractivity (Wildman–Crippen MR) is 92.5 cm³/mol. The van der Waals surface area contributed by atoms with Crippen molar-refractivity contribution in [1.82, 2.24) is 10.2 Å². The number of piperidine rings is 1. The number of nitrogens with one attached hydrogen (secondary N) is 1. The molecule has 1 aliphatic heterocycles. The molecule has 0 aromatic carbocycles. The lowest BCUT2D eigenvalue weighted by atomic mass is 9.69. The fourth-order valence-electron chi connectivity index (χ4n) is 4.88. The van der Waals surface area contributed by atoms with E-state index >= 15 is 0 Å². The smallest absolute Gasteiger partial charge is 0.317 e. The van der Waals surface area contributed by atoms with Crippen LogP contribution in [0.2, 0.25) is 0 Å². The molecule has 0 bridgehead atoms. The number of rotatable bonds is 3. The lowest BCUT2D eigenvalue weighted by molar-refractivity contribution is -0.149. The van der Waals surface area contributed by atoms with Gasteiger partial charge in [0, 0.05) is 19.1 Å². The molecule has 0 aromatic rings. The van der Waals surface area contributed by atoms with Gasteiger partial charge in [-0.1, -0.05) is 25.7 Å². The molecule has 2 amide bonds. The van der Waals surface area contributed by atoms with Crippen molar-refractivity contribution in [2.75, 3.05) is 19.7 Å². The number of likely N-dealkylation sites (tertiary alicyclic amines) is 1. The average molecular weight is 336 g/mol. The normalized spacial score (nSPS) is 33.5. The summed E-state index contributed by atoms with van der Waals surface area (Å²) in [5.41, 5.74) is 0. The maximum atomic E-state index is 12.6. The molecule has 0 aromatic heterocycles. The minimum absolute atomic E-state index is 0.0169. The van der Waals surface area contributed by atoms with Crippen molar-refractivity contribution in [2.24, 2.45) is 17.8 Å². The van der Waals surface area contributed by atoms with E-state index in [4.69, 9.17) is 4.74 Å². The molecule has 0 radical (unpaired) electrons. The van der Waals surface area contributed by atoms with E-state index in [-0.39, 0.29) is 17.9 Å². The quantitative estimate of drug-likeness (QED) is 0.804. The van der Waals surface area contributed by atoms with Crippen molar-refractivity contribution in [3.8, 4) is 0 Å². The van der Waals surface area contributed by atoms with Crippen LogP contribution in [0.25, 0.3) is 0 Å². The van der Waals surface area contributed by atoms with E-state index in [1.54, 1.807) is 0 Å². The van der Waals surface area contributed by atoms with Crippen molar-refractivity contribution in [3.05, 3.63) is 0 Å². The fourth-order valence-corrected chi connectivity index (χ4v) is 4.88. The molecule has 5 nitrogen and oxygen atoms in total. The third-order valence-corrected chi connectivity index (χ3v) is 6.20. The molecule has 0 unspecified atom stereocenters. The summed E-state index contributed by atoms with van der Waals surface area (Å²) in [6.07, 6.45) is 10.7. The fraction of sp³-hybridized carbons (Fsp3) is 0.895. The van der Waals surface area contributed by atoms with E-state index in [1.165, 1.54) is 32.1 Å². The van der Waals surface area contributed by atoms with Gasteiger partial charge in [0.15, 0.2) is 0 Å². The van der Waals surface area contributed by atoms with Crippen LogP contribution in [0, 0.1) is 17.8 Å². The first kappa shape index (κ1) is 17.6. The maximum Gasteiger partial charge on any atom is 0.317 e. The Labute approximate surface area is 145 Å². The summed E-state index contributed by atoms with van der Waals surface area (Å²) >= 11 is 0. The van der Waals surface area contributed by atoms with Crippen LogP contribution in [-0.2, 0) is 9.53 Å². The van der Waals surface area contributed by atoms with E-state index in [9.17, 15) is 9.59 Å². The molecule has 0 spiro atoms. The van der Waals surface area contributed by atoms with Crippen molar-refractivity contribution in [2.45, 2.75) is 70.8 Å². The summed E-state index contributed by atoms with van der Waals surface area (Å²) in [5.74, 6) is 1.40. The molecular formula is C19H32N2O3. The Hall–Kier alpha value is -1.26.